The smallest absolute Gasteiger partial charge is 0.210 e. The van der Waals surface area contributed by atoms with Crippen molar-refractivity contribution >= 4 is 0 Å². The number of aliphatic hydroxyl groups is 2. The van der Waals surface area contributed by atoms with Crippen molar-refractivity contribution in [3.63, 3.8) is 0 Å². The second-order valence-corrected chi connectivity index (χ2v) is 8.99. The maximum atomic E-state index is 14.0. The van der Waals surface area contributed by atoms with Crippen LogP contribution in [0.2, 0.25) is 0 Å². The third-order valence-corrected chi connectivity index (χ3v) is 8.06. The molecule has 0 saturated heterocycles. The van der Waals surface area contributed by atoms with E-state index in [-0.39, 0.29) is 29.8 Å². The molecule has 124 valence electrons. The number of hydrogen-bond acceptors (Lipinski definition) is 2. The van der Waals surface area contributed by atoms with E-state index in [9.17, 15) is 14.6 Å². The van der Waals surface area contributed by atoms with Crippen LogP contribution < -0.4 is 0 Å². The van der Waals surface area contributed by atoms with E-state index in [2.05, 4.69) is 19.9 Å². The molecule has 2 N–H and O–H groups in total. The molecule has 0 heterocycles. The zero-order valence-electron chi connectivity index (χ0n) is 13.8. The van der Waals surface area contributed by atoms with Crippen LogP contribution in [0.5, 0.6) is 0 Å². The largest absolute Gasteiger partial charge is 0.393 e. The lowest BCUT2D eigenvalue weighted by Crippen LogP contribution is -2.52. The molecule has 0 unspecified atom stereocenters. The van der Waals surface area contributed by atoms with Gasteiger partial charge in [0.15, 0.2) is 0 Å². The molecule has 3 heteroatoms. The second kappa shape index (κ2) is 4.57. The van der Waals surface area contributed by atoms with E-state index in [4.69, 9.17) is 0 Å². The van der Waals surface area contributed by atoms with Crippen molar-refractivity contribution in [2.75, 3.05) is 0 Å². The summed E-state index contributed by atoms with van der Waals surface area (Å²) in [5.41, 5.74) is 1.32. The van der Waals surface area contributed by atoms with Crippen molar-refractivity contribution in [1.82, 2.24) is 0 Å². The van der Waals surface area contributed by atoms with Crippen LogP contribution in [0.15, 0.2) is 11.6 Å². The molecule has 4 aliphatic rings. The fraction of sp³-hybridized carbons (Fsp3) is 0.895. The van der Waals surface area contributed by atoms with Crippen molar-refractivity contribution in [2.24, 2.45) is 28.6 Å². The fourth-order valence-electron chi connectivity index (χ4n) is 6.58. The van der Waals surface area contributed by atoms with E-state index in [0.29, 0.717) is 17.8 Å². The average Bonchev–Trinajstić information content (AvgIpc) is 2.76. The Morgan fingerprint density at radius 3 is 2.64 bits per heavy atom. The Morgan fingerprint density at radius 1 is 1.09 bits per heavy atom. The molecule has 0 aromatic rings. The molecular weight excluding hydrogens is 279 g/mol. The first-order valence-electron chi connectivity index (χ1n) is 9.05. The molecular formula is C19H29FO2. The van der Waals surface area contributed by atoms with E-state index < -0.39 is 5.85 Å². The minimum absolute atomic E-state index is 0.0656. The minimum atomic E-state index is -2.00. The summed E-state index contributed by atoms with van der Waals surface area (Å²) in [6.07, 6.45) is 8.69. The summed E-state index contributed by atoms with van der Waals surface area (Å²) >= 11 is 0. The molecule has 22 heavy (non-hydrogen) atoms. The van der Waals surface area contributed by atoms with Crippen molar-refractivity contribution in [3.05, 3.63) is 11.6 Å². The third-order valence-electron chi connectivity index (χ3n) is 8.06. The fourth-order valence-corrected chi connectivity index (χ4v) is 6.58. The number of hydrogen-bond donors (Lipinski definition) is 2. The number of rotatable bonds is 0. The Balaban J connectivity index is 1.67. The molecule has 0 bridgehead atoms. The van der Waals surface area contributed by atoms with Crippen LogP contribution in [-0.2, 0) is 0 Å². The standard InChI is InChI=1S/C19H29FO2/c1-17-9-10-19(20,22)11-12(17)3-4-13-14-5-6-16(21)18(14,2)8-7-15(13)17/h3,13-16,21-22H,4-11H2,1-2H3/t13-,14-,15-,16+,17-,18-,19+/m0/s1. The van der Waals surface area contributed by atoms with Gasteiger partial charge in [-0.25, -0.2) is 4.39 Å². The Labute approximate surface area is 132 Å². The zero-order valence-corrected chi connectivity index (χ0v) is 13.8. The number of allylic oxidation sites excluding steroid dienone is 1. The van der Waals surface area contributed by atoms with Gasteiger partial charge in [0.2, 0.25) is 5.85 Å². The monoisotopic (exact) mass is 308 g/mol. The zero-order chi connectivity index (χ0) is 15.8. The van der Waals surface area contributed by atoms with E-state index >= 15 is 0 Å². The van der Waals surface area contributed by atoms with Gasteiger partial charge in [-0.05, 0) is 67.1 Å². The van der Waals surface area contributed by atoms with Crippen molar-refractivity contribution in [2.45, 2.75) is 77.2 Å². The summed E-state index contributed by atoms with van der Waals surface area (Å²) in [6.45, 7) is 4.59. The topological polar surface area (TPSA) is 40.5 Å². The summed E-state index contributed by atoms with van der Waals surface area (Å²) in [5.74, 6) is -0.144. The summed E-state index contributed by atoms with van der Waals surface area (Å²) < 4.78 is 14.0. The molecule has 0 aliphatic heterocycles. The van der Waals surface area contributed by atoms with Crippen LogP contribution in [0.25, 0.3) is 0 Å². The lowest BCUT2D eigenvalue weighted by molar-refractivity contribution is -0.135. The molecule has 4 rings (SSSR count). The number of fused-ring (bicyclic) bond motifs is 5. The van der Waals surface area contributed by atoms with Gasteiger partial charge in [-0.1, -0.05) is 25.5 Å². The summed E-state index contributed by atoms with van der Waals surface area (Å²) in [4.78, 5) is 0. The lowest BCUT2D eigenvalue weighted by atomic mass is 9.48. The molecule has 2 nitrogen and oxygen atoms in total. The highest BCUT2D eigenvalue weighted by molar-refractivity contribution is 5.26. The lowest BCUT2D eigenvalue weighted by Gasteiger charge is -2.58. The Morgan fingerprint density at radius 2 is 1.86 bits per heavy atom. The highest BCUT2D eigenvalue weighted by Crippen LogP contribution is 2.65. The van der Waals surface area contributed by atoms with Crippen molar-refractivity contribution < 1.29 is 14.6 Å². The Hall–Kier alpha value is -0.410. The first kappa shape index (κ1) is 15.1. The summed E-state index contributed by atoms with van der Waals surface area (Å²) in [6, 6.07) is 0. The maximum Gasteiger partial charge on any atom is 0.210 e. The van der Waals surface area contributed by atoms with Crippen LogP contribution >= 0.6 is 0 Å². The predicted molar refractivity (Wildman–Crippen MR) is 83.8 cm³/mol. The van der Waals surface area contributed by atoms with Gasteiger partial charge in [0.05, 0.1) is 6.10 Å². The van der Waals surface area contributed by atoms with Crippen LogP contribution in [0.4, 0.5) is 4.39 Å². The van der Waals surface area contributed by atoms with Gasteiger partial charge in [0.25, 0.3) is 0 Å². The first-order valence-corrected chi connectivity index (χ1v) is 9.05. The van der Waals surface area contributed by atoms with Crippen LogP contribution in [0.1, 0.15) is 65.2 Å². The SMILES string of the molecule is C[C@]12CC[C@H]3[C@@H](CC=C4C[C@@](O)(F)CC[C@@]43C)[C@@H]1CC[C@H]2O. The average molecular weight is 308 g/mol. The van der Waals surface area contributed by atoms with Crippen LogP contribution in [0, 0.1) is 28.6 Å². The van der Waals surface area contributed by atoms with E-state index in [0.717, 1.165) is 44.1 Å². The van der Waals surface area contributed by atoms with Crippen LogP contribution in [0.3, 0.4) is 0 Å². The molecule has 0 amide bonds. The maximum absolute atomic E-state index is 14.0. The van der Waals surface area contributed by atoms with E-state index in [1.165, 1.54) is 0 Å². The highest BCUT2D eigenvalue weighted by atomic mass is 19.2. The van der Waals surface area contributed by atoms with Crippen LogP contribution in [-0.4, -0.2) is 22.2 Å². The summed E-state index contributed by atoms with van der Waals surface area (Å²) in [7, 11) is 0. The van der Waals surface area contributed by atoms with Crippen molar-refractivity contribution in [1.29, 1.82) is 0 Å². The van der Waals surface area contributed by atoms with E-state index in [1.807, 2.05) is 0 Å². The van der Waals surface area contributed by atoms with Gasteiger partial charge in [0, 0.05) is 12.8 Å². The molecule has 4 aliphatic carbocycles. The van der Waals surface area contributed by atoms with Gasteiger partial charge in [-0.15, -0.1) is 0 Å². The Bertz CT molecular complexity index is 514. The molecule has 7 atom stereocenters. The molecule has 0 aromatic heterocycles. The second-order valence-electron chi connectivity index (χ2n) is 8.99. The first-order chi connectivity index (χ1) is 10.3. The molecule has 3 fully saturated rings. The van der Waals surface area contributed by atoms with Gasteiger partial charge in [-0.3, -0.25) is 0 Å². The minimum Gasteiger partial charge on any atom is -0.393 e. The predicted octanol–water partition coefficient (Wildman–Crippen LogP) is 3.97. The number of halogens is 1. The number of aliphatic hydroxyl groups excluding tert-OH is 1. The third kappa shape index (κ3) is 1.91. The van der Waals surface area contributed by atoms with Gasteiger partial charge < -0.3 is 10.2 Å². The molecule has 3 saturated carbocycles. The molecule has 0 aromatic carbocycles. The summed E-state index contributed by atoms with van der Waals surface area (Å²) in [5, 5.41) is 20.3. The van der Waals surface area contributed by atoms with Gasteiger partial charge in [0.1, 0.15) is 0 Å². The molecule has 0 radical (unpaired) electrons. The highest BCUT2D eigenvalue weighted by Gasteiger charge is 2.59. The normalized spacial score (nSPS) is 57.6. The Kier molecular flexibility index (Phi) is 3.14. The van der Waals surface area contributed by atoms with Gasteiger partial charge in [-0.2, -0.15) is 0 Å². The molecule has 0 spiro atoms. The van der Waals surface area contributed by atoms with Crippen molar-refractivity contribution in [3.8, 4) is 0 Å². The van der Waals surface area contributed by atoms with Gasteiger partial charge >= 0.3 is 0 Å². The quantitative estimate of drug-likeness (QED) is 0.665. The van der Waals surface area contributed by atoms with E-state index in [1.54, 1.807) is 0 Å². The number of alkyl halides is 1.